The predicted molar refractivity (Wildman–Crippen MR) is 312 cm³/mol. The van der Waals surface area contributed by atoms with E-state index in [1.165, 1.54) is 244 Å². The highest BCUT2D eigenvalue weighted by Gasteiger charge is 2.19. The van der Waals surface area contributed by atoms with Crippen LogP contribution in [-0.2, 0) is 28.6 Å². The van der Waals surface area contributed by atoms with E-state index in [0.717, 1.165) is 64.2 Å². The Bertz CT molecular complexity index is 1210. The number of allylic oxidation sites excluding steroid dienone is 6. The van der Waals surface area contributed by atoms with Crippen molar-refractivity contribution in [3.63, 3.8) is 0 Å². The van der Waals surface area contributed by atoms with Gasteiger partial charge in [0.15, 0.2) is 6.10 Å². The second-order valence-electron chi connectivity index (χ2n) is 21.7. The van der Waals surface area contributed by atoms with Crippen molar-refractivity contribution in [3.8, 4) is 0 Å². The Morgan fingerprint density at radius 3 is 0.722 bits per heavy atom. The summed E-state index contributed by atoms with van der Waals surface area (Å²) in [5.41, 5.74) is 0. The van der Waals surface area contributed by atoms with Crippen molar-refractivity contribution in [3.05, 3.63) is 36.5 Å². The van der Waals surface area contributed by atoms with Gasteiger partial charge >= 0.3 is 17.9 Å². The van der Waals surface area contributed by atoms with Gasteiger partial charge in [-0.15, -0.1) is 0 Å². The molecule has 72 heavy (non-hydrogen) atoms. The standard InChI is InChI=1S/C66H122O6/c1-4-7-10-13-16-19-22-25-27-29-30-31-32-33-34-35-36-38-39-41-44-47-50-53-56-59-65(68)71-62-63(61-70-64(67)58-55-52-49-46-43-24-21-18-15-12-9-6-3)72-66(69)60-57-54-51-48-45-42-40-37-28-26-23-20-17-14-11-8-5-2/h18,21,26,28-30,63H,4-17,19-20,22-25,27,31-62H2,1-3H3/b21-18-,28-26-,30-29-. The van der Waals surface area contributed by atoms with Crippen molar-refractivity contribution in [2.24, 2.45) is 0 Å². The molecule has 0 aromatic heterocycles. The summed E-state index contributed by atoms with van der Waals surface area (Å²) in [6.07, 6.45) is 74.4. The van der Waals surface area contributed by atoms with Crippen LogP contribution >= 0.6 is 0 Å². The molecule has 0 aromatic rings. The first-order valence-electron chi connectivity index (χ1n) is 32.0. The third-order valence-electron chi connectivity index (χ3n) is 14.3. The molecule has 6 nitrogen and oxygen atoms in total. The van der Waals surface area contributed by atoms with Crippen LogP contribution in [0.4, 0.5) is 0 Å². The van der Waals surface area contributed by atoms with Crippen LogP contribution in [0, 0.1) is 0 Å². The number of ether oxygens (including phenoxy) is 3. The molecule has 1 atom stereocenters. The predicted octanol–water partition coefficient (Wildman–Crippen LogP) is 21.6. The van der Waals surface area contributed by atoms with Gasteiger partial charge in [-0.25, -0.2) is 0 Å². The fourth-order valence-corrected chi connectivity index (χ4v) is 9.49. The summed E-state index contributed by atoms with van der Waals surface area (Å²) in [5, 5.41) is 0. The Balaban J connectivity index is 4.23. The molecule has 6 heteroatoms. The lowest BCUT2D eigenvalue weighted by Crippen LogP contribution is -2.30. The highest BCUT2D eigenvalue weighted by atomic mass is 16.6. The number of carbonyl (C=O) groups excluding carboxylic acids is 3. The van der Waals surface area contributed by atoms with E-state index in [4.69, 9.17) is 14.2 Å². The van der Waals surface area contributed by atoms with E-state index in [9.17, 15) is 14.4 Å². The minimum absolute atomic E-state index is 0.0735. The zero-order valence-corrected chi connectivity index (χ0v) is 48.5. The van der Waals surface area contributed by atoms with E-state index in [0.29, 0.717) is 19.3 Å². The summed E-state index contributed by atoms with van der Waals surface area (Å²) < 4.78 is 16.9. The molecule has 0 heterocycles. The lowest BCUT2D eigenvalue weighted by molar-refractivity contribution is -0.167. The second kappa shape index (κ2) is 61.2. The maximum absolute atomic E-state index is 12.9. The highest BCUT2D eigenvalue weighted by Crippen LogP contribution is 2.17. The summed E-state index contributed by atoms with van der Waals surface area (Å²) in [4.78, 5) is 38.2. The molecule has 0 radical (unpaired) electrons. The molecule has 0 aromatic carbocycles. The molecule has 0 saturated heterocycles. The largest absolute Gasteiger partial charge is 0.462 e. The highest BCUT2D eigenvalue weighted by molar-refractivity contribution is 5.71. The van der Waals surface area contributed by atoms with Crippen LogP contribution in [0.2, 0.25) is 0 Å². The molecule has 1 unspecified atom stereocenters. The molecular formula is C66H122O6. The van der Waals surface area contributed by atoms with Gasteiger partial charge in [0.25, 0.3) is 0 Å². The number of unbranched alkanes of at least 4 members (excludes halogenated alkanes) is 42. The quantitative estimate of drug-likeness (QED) is 0.0261. The fraction of sp³-hybridized carbons (Fsp3) is 0.864. The molecule has 0 N–H and O–H groups in total. The molecule has 0 spiro atoms. The van der Waals surface area contributed by atoms with E-state index in [1.54, 1.807) is 0 Å². The number of hydrogen-bond donors (Lipinski definition) is 0. The van der Waals surface area contributed by atoms with E-state index in [2.05, 4.69) is 57.2 Å². The third kappa shape index (κ3) is 58.5. The van der Waals surface area contributed by atoms with Gasteiger partial charge in [-0.2, -0.15) is 0 Å². The van der Waals surface area contributed by atoms with Gasteiger partial charge in [0.05, 0.1) is 0 Å². The van der Waals surface area contributed by atoms with Crippen molar-refractivity contribution in [1.82, 2.24) is 0 Å². The molecule has 0 saturated carbocycles. The van der Waals surface area contributed by atoms with Crippen LogP contribution in [0.5, 0.6) is 0 Å². The average molecular weight is 1010 g/mol. The molecule has 0 bridgehead atoms. The summed E-state index contributed by atoms with van der Waals surface area (Å²) >= 11 is 0. The monoisotopic (exact) mass is 1010 g/mol. The van der Waals surface area contributed by atoms with Gasteiger partial charge in [-0.3, -0.25) is 14.4 Å². The maximum Gasteiger partial charge on any atom is 0.306 e. The van der Waals surface area contributed by atoms with Gasteiger partial charge < -0.3 is 14.2 Å². The van der Waals surface area contributed by atoms with E-state index in [1.807, 2.05) is 0 Å². The summed E-state index contributed by atoms with van der Waals surface area (Å²) in [7, 11) is 0. The molecule has 0 rings (SSSR count). The third-order valence-corrected chi connectivity index (χ3v) is 14.3. The lowest BCUT2D eigenvalue weighted by Gasteiger charge is -2.18. The van der Waals surface area contributed by atoms with Crippen LogP contribution in [0.1, 0.15) is 348 Å². The van der Waals surface area contributed by atoms with Crippen LogP contribution in [-0.4, -0.2) is 37.2 Å². The van der Waals surface area contributed by atoms with Crippen LogP contribution in [0.25, 0.3) is 0 Å². The van der Waals surface area contributed by atoms with Crippen molar-refractivity contribution < 1.29 is 28.6 Å². The Kier molecular flexibility index (Phi) is 59.2. The van der Waals surface area contributed by atoms with E-state index in [-0.39, 0.29) is 31.1 Å². The van der Waals surface area contributed by atoms with Crippen molar-refractivity contribution in [1.29, 1.82) is 0 Å². The minimum atomic E-state index is -0.776. The van der Waals surface area contributed by atoms with Crippen molar-refractivity contribution in [2.45, 2.75) is 354 Å². The molecule has 0 fully saturated rings. The van der Waals surface area contributed by atoms with Crippen LogP contribution < -0.4 is 0 Å². The zero-order valence-electron chi connectivity index (χ0n) is 48.5. The van der Waals surface area contributed by atoms with Crippen LogP contribution in [0.3, 0.4) is 0 Å². The fourth-order valence-electron chi connectivity index (χ4n) is 9.49. The molecule has 422 valence electrons. The number of esters is 3. The SMILES string of the molecule is CCCCC/C=C\CCCCCCCC(=O)OCC(COC(=O)CCCCCCCCCCCCCCC/C=C\CCCCCCCCCC)OC(=O)CCCCCCCCC/C=C\CCCCCCCC. The number of carbonyl (C=O) groups is 3. The van der Waals surface area contributed by atoms with Crippen LogP contribution in [0.15, 0.2) is 36.5 Å². The lowest BCUT2D eigenvalue weighted by atomic mass is 10.0. The average Bonchev–Trinajstić information content (AvgIpc) is 3.38. The molecule has 0 aliphatic rings. The smallest absolute Gasteiger partial charge is 0.306 e. The Morgan fingerprint density at radius 2 is 0.458 bits per heavy atom. The minimum Gasteiger partial charge on any atom is -0.462 e. The second-order valence-corrected chi connectivity index (χ2v) is 21.7. The molecular weight excluding hydrogens is 889 g/mol. The normalized spacial score (nSPS) is 12.2. The molecule has 0 aliphatic heterocycles. The first kappa shape index (κ1) is 69.6. The summed E-state index contributed by atoms with van der Waals surface area (Å²) in [6.45, 7) is 6.65. The molecule has 0 amide bonds. The topological polar surface area (TPSA) is 78.9 Å². The zero-order chi connectivity index (χ0) is 52.2. The molecule has 0 aliphatic carbocycles. The maximum atomic E-state index is 12.9. The Labute approximate surface area is 448 Å². The van der Waals surface area contributed by atoms with Gasteiger partial charge in [0.2, 0.25) is 0 Å². The summed E-state index contributed by atoms with van der Waals surface area (Å²) in [6, 6.07) is 0. The summed E-state index contributed by atoms with van der Waals surface area (Å²) in [5.74, 6) is -0.868. The number of rotatable bonds is 59. The van der Waals surface area contributed by atoms with E-state index < -0.39 is 6.10 Å². The van der Waals surface area contributed by atoms with Crippen molar-refractivity contribution in [2.75, 3.05) is 13.2 Å². The first-order valence-corrected chi connectivity index (χ1v) is 32.0. The van der Waals surface area contributed by atoms with E-state index >= 15 is 0 Å². The Hall–Kier alpha value is -2.37. The first-order chi connectivity index (χ1) is 35.5. The van der Waals surface area contributed by atoms with Crippen molar-refractivity contribution >= 4 is 17.9 Å². The van der Waals surface area contributed by atoms with Gasteiger partial charge in [-0.1, -0.05) is 269 Å². The Morgan fingerprint density at radius 1 is 0.264 bits per heavy atom. The van der Waals surface area contributed by atoms with Gasteiger partial charge in [-0.05, 0) is 96.3 Å². The van der Waals surface area contributed by atoms with Gasteiger partial charge in [0, 0.05) is 19.3 Å². The number of hydrogen-bond acceptors (Lipinski definition) is 6. The van der Waals surface area contributed by atoms with Gasteiger partial charge in [0.1, 0.15) is 13.2 Å².